The Balaban J connectivity index is 1.56. The van der Waals surface area contributed by atoms with Gasteiger partial charge in [-0.1, -0.05) is 0 Å². The Morgan fingerprint density at radius 2 is 2.18 bits per heavy atom. The van der Waals surface area contributed by atoms with E-state index >= 15 is 0 Å². The lowest BCUT2D eigenvalue weighted by Gasteiger charge is -2.18. The summed E-state index contributed by atoms with van der Waals surface area (Å²) in [4.78, 5) is 11.9. The molecule has 0 unspecified atom stereocenters. The van der Waals surface area contributed by atoms with Gasteiger partial charge in [-0.25, -0.2) is 13.2 Å². The first-order chi connectivity index (χ1) is 10.5. The average Bonchev–Trinajstić information content (AvgIpc) is 2.84. The number of hydrogen-bond donors (Lipinski definition) is 2. The van der Waals surface area contributed by atoms with Gasteiger partial charge in [0.15, 0.2) is 9.84 Å². The van der Waals surface area contributed by atoms with E-state index in [1.165, 1.54) is 0 Å². The molecule has 0 spiro atoms. The molecule has 22 heavy (non-hydrogen) atoms. The first-order valence-electron chi connectivity index (χ1n) is 7.57. The molecule has 2 aliphatic rings. The minimum Gasteiger partial charge on any atom is -0.493 e. The zero-order chi connectivity index (χ0) is 15.6. The quantitative estimate of drug-likeness (QED) is 0.886. The molecule has 2 N–H and O–H groups in total. The van der Waals surface area contributed by atoms with Crippen molar-refractivity contribution < 1.29 is 17.9 Å². The van der Waals surface area contributed by atoms with Crippen LogP contribution in [-0.4, -0.2) is 38.6 Å². The number of amides is 2. The molecule has 2 aliphatic heterocycles. The second kappa shape index (κ2) is 6.16. The van der Waals surface area contributed by atoms with Crippen LogP contribution in [0, 0.1) is 0 Å². The van der Waals surface area contributed by atoms with E-state index in [1.54, 1.807) is 6.07 Å². The van der Waals surface area contributed by atoms with E-state index in [4.69, 9.17) is 4.74 Å². The van der Waals surface area contributed by atoms with Crippen LogP contribution in [0.5, 0.6) is 5.75 Å². The van der Waals surface area contributed by atoms with Crippen molar-refractivity contribution in [2.75, 3.05) is 24.2 Å². The fourth-order valence-electron chi connectivity index (χ4n) is 2.91. The van der Waals surface area contributed by atoms with Gasteiger partial charge in [0.1, 0.15) is 5.75 Å². The number of sulfone groups is 1. The molecular formula is C15H20N2O4S. The molecule has 7 heteroatoms. The van der Waals surface area contributed by atoms with Gasteiger partial charge in [0, 0.05) is 12.2 Å². The third kappa shape index (κ3) is 3.35. The number of carbonyl (C=O) groups excluding carboxylic acids is 1. The number of nitrogens with one attached hydrogen (secondary N) is 2. The lowest BCUT2D eigenvalue weighted by atomic mass is 10.1. The van der Waals surface area contributed by atoms with Crippen LogP contribution in [0.3, 0.4) is 0 Å². The zero-order valence-corrected chi connectivity index (χ0v) is 13.1. The van der Waals surface area contributed by atoms with Crippen LogP contribution in [0.1, 0.15) is 24.8 Å². The van der Waals surface area contributed by atoms with E-state index in [2.05, 4.69) is 10.6 Å². The summed E-state index contributed by atoms with van der Waals surface area (Å²) in [6.07, 6.45) is 3.22. The third-order valence-electron chi connectivity index (χ3n) is 4.12. The van der Waals surface area contributed by atoms with Gasteiger partial charge in [-0.3, -0.25) is 0 Å². The summed E-state index contributed by atoms with van der Waals surface area (Å²) in [5.74, 6) is 1.10. The number of anilines is 1. The maximum absolute atomic E-state index is 11.9. The maximum Gasteiger partial charge on any atom is 0.319 e. The molecule has 0 bridgehead atoms. The summed E-state index contributed by atoms with van der Waals surface area (Å²) in [6.45, 7) is 0.901. The maximum atomic E-state index is 11.9. The Morgan fingerprint density at radius 1 is 1.32 bits per heavy atom. The number of rotatable bonds is 3. The van der Waals surface area contributed by atoms with Gasteiger partial charge in [0.05, 0.1) is 17.6 Å². The second-order valence-electron chi connectivity index (χ2n) is 5.74. The van der Waals surface area contributed by atoms with Crippen LogP contribution in [0.15, 0.2) is 18.2 Å². The number of hydrogen-bond acceptors (Lipinski definition) is 4. The minimum atomic E-state index is -3.03. The number of urea groups is 1. The summed E-state index contributed by atoms with van der Waals surface area (Å²) >= 11 is 0. The Labute approximate surface area is 130 Å². The van der Waals surface area contributed by atoms with Gasteiger partial charge in [0.2, 0.25) is 0 Å². The molecule has 0 aromatic heterocycles. The molecule has 6 nitrogen and oxygen atoms in total. The normalized spacial score (nSPS) is 22.5. The van der Waals surface area contributed by atoms with Gasteiger partial charge >= 0.3 is 6.03 Å². The largest absolute Gasteiger partial charge is 0.493 e. The molecule has 120 valence electrons. The van der Waals surface area contributed by atoms with Crippen LogP contribution in [0.25, 0.3) is 0 Å². The molecule has 1 fully saturated rings. The van der Waals surface area contributed by atoms with Crippen molar-refractivity contribution in [3.63, 3.8) is 0 Å². The highest BCUT2D eigenvalue weighted by atomic mass is 32.2. The molecule has 3 rings (SSSR count). The summed E-state index contributed by atoms with van der Waals surface area (Å²) in [7, 11) is -3.03. The first-order valence-corrected chi connectivity index (χ1v) is 9.28. The zero-order valence-electron chi connectivity index (χ0n) is 12.3. The highest BCUT2D eigenvalue weighted by Crippen LogP contribution is 2.27. The fourth-order valence-corrected chi connectivity index (χ4v) is 4.67. The topological polar surface area (TPSA) is 84.5 Å². The third-order valence-corrected chi connectivity index (χ3v) is 6.40. The van der Waals surface area contributed by atoms with Crippen molar-refractivity contribution in [2.24, 2.45) is 0 Å². The highest BCUT2D eigenvalue weighted by Gasteiger charge is 2.31. The summed E-state index contributed by atoms with van der Waals surface area (Å²) < 4.78 is 28.9. The van der Waals surface area contributed by atoms with E-state index in [9.17, 15) is 13.2 Å². The number of carbonyl (C=O) groups is 1. The monoisotopic (exact) mass is 324 g/mol. The Bertz CT molecular complexity index is 672. The lowest BCUT2D eigenvalue weighted by Crippen LogP contribution is -2.37. The average molecular weight is 324 g/mol. The lowest BCUT2D eigenvalue weighted by molar-refractivity contribution is 0.252. The van der Waals surface area contributed by atoms with Gasteiger partial charge in [-0.05, 0) is 49.4 Å². The van der Waals surface area contributed by atoms with Gasteiger partial charge in [0.25, 0.3) is 0 Å². The second-order valence-corrected chi connectivity index (χ2v) is 8.14. The van der Waals surface area contributed by atoms with Crippen molar-refractivity contribution in [1.82, 2.24) is 5.32 Å². The number of fused-ring (bicyclic) bond motifs is 1. The Hall–Kier alpha value is -1.76. The predicted octanol–water partition coefficient (Wildman–Crippen LogP) is 1.71. The smallest absolute Gasteiger partial charge is 0.319 e. The number of benzene rings is 1. The van der Waals surface area contributed by atoms with Crippen molar-refractivity contribution >= 4 is 21.6 Å². The van der Waals surface area contributed by atoms with Gasteiger partial charge < -0.3 is 15.4 Å². The van der Waals surface area contributed by atoms with E-state index in [0.29, 0.717) is 18.5 Å². The fraction of sp³-hybridized carbons (Fsp3) is 0.533. The molecule has 0 saturated carbocycles. The summed E-state index contributed by atoms with van der Waals surface area (Å²) in [5, 5.41) is 4.94. The van der Waals surface area contributed by atoms with E-state index in [1.807, 2.05) is 12.1 Å². The van der Waals surface area contributed by atoms with Crippen LogP contribution in [-0.2, 0) is 16.3 Å². The number of aryl methyl sites for hydroxylation is 1. The molecule has 1 saturated heterocycles. The summed E-state index contributed by atoms with van der Waals surface area (Å²) in [5.41, 5.74) is 1.78. The molecule has 1 aromatic rings. The standard InChI is InChI=1S/C15H20N2O4S/c18-15(16-10-13-4-2-8-22(13,19)20)17-12-5-6-14-11(9-12)3-1-7-21-14/h5-6,9,13H,1-4,7-8,10H2,(H2,16,17,18)/t13-/m0/s1. The van der Waals surface area contributed by atoms with Crippen LogP contribution >= 0.6 is 0 Å². The van der Waals surface area contributed by atoms with E-state index in [-0.39, 0.29) is 18.3 Å². The van der Waals surface area contributed by atoms with Crippen LogP contribution in [0.4, 0.5) is 10.5 Å². The SMILES string of the molecule is O=C(NC[C@@H]1CCCS1(=O)=O)Nc1ccc2c(c1)CCCO2. The van der Waals surface area contributed by atoms with E-state index in [0.717, 1.165) is 30.8 Å². The summed E-state index contributed by atoms with van der Waals surface area (Å²) in [6, 6.07) is 5.17. The molecular weight excluding hydrogens is 304 g/mol. The molecule has 1 aromatic carbocycles. The van der Waals surface area contributed by atoms with Crippen LogP contribution in [0.2, 0.25) is 0 Å². The van der Waals surface area contributed by atoms with E-state index < -0.39 is 15.1 Å². The number of ether oxygens (including phenoxy) is 1. The van der Waals surface area contributed by atoms with Crippen molar-refractivity contribution in [3.8, 4) is 5.75 Å². The van der Waals surface area contributed by atoms with Gasteiger partial charge in [-0.2, -0.15) is 0 Å². The molecule has 0 aliphatic carbocycles. The van der Waals surface area contributed by atoms with Gasteiger partial charge in [-0.15, -0.1) is 0 Å². The highest BCUT2D eigenvalue weighted by molar-refractivity contribution is 7.92. The molecule has 0 radical (unpaired) electrons. The van der Waals surface area contributed by atoms with Crippen molar-refractivity contribution in [3.05, 3.63) is 23.8 Å². The molecule has 2 amide bonds. The minimum absolute atomic E-state index is 0.169. The first kappa shape index (κ1) is 15.1. The molecule has 2 heterocycles. The van der Waals surface area contributed by atoms with Crippen molar-refractivity contribution in [2.45, 2.75) is 30.9 Å². The van der Waals surface area contributed by atoms with Crippen LogP contribution < -0.4 is 15.4 Å². The predicted molar refractivity (Wildman–Crippen MR) is 84.1 cm³/mol. The van der Waals surface area contributed by atoms with Crippen molar-refractivity contribution in [1.29, 1.82) is 0 Å². The molecule has 1 atom stereocenters. The Morgan fingerprint density at radius 3 is 2.95 bits per heavy atom. The Kier molecular flexibility index (Phi) is 4.24.